The fraction of sp³-hybridized carbons (Fsp3) is 0.407. The maximum absolute atomic E-state index is 13.9. The second-order valence-corrected chi connectivity index (χ2v) is 9.73. The van der Waals surface area contributed by atoms with E-state index in [2.05, 4.69) is 27.3 Å². The van der Waals surface area contributed by atoms with Gasteiger partial charge in [0, 0.05) is 49.8 Å². The molecule has 1 spiro atoms. The van der Waals surface area contributed by atoms with Crippen molar-refractivity contribution in [2.75, 3.05) is 13.1 Å². The van der Waals surface area contributed by atoms with Gasteiger partial charge < -0.3 is 10.1 Å². The van der Waals surface area contributed by atoms with E-state index in [9.17, 15) is 8.78 Å². The molecule has 7 heteroatoms. The van der Waals surface area contributed by atoms with Gasteiger partial charge in [-0.2, -0.15) is 0 Å². The quantitative estimate of drug-likeness (QED) is 0.580. The number of benzene rings is 1. The summed E-state index contributed by atoms with van der Waals surface area (Å²) in [5.74, 6) is -1.66. The number of nitrogens with zero attached hydrogens (tertiary/aromatic N) is 3. The van der Waals surface area contributed by atoms with Crippen LogP contribution >= 0.6 is 0 Å². The van der Waals surface area contributed by atoms with Crippen LogP contribution in [0.25, 0.3) is 0 Å². The highest BCUT2D eigenvalue weighted by Crippen LogP contribution is 2.43. The summed E-state index contributed by atoms with van der Waals surface area (Å²) >= 11 is 0. The predicted molar refractivity (Wildman–Crippen MR) is 124 cm³/mol. The van der Waals surface area contributed by atoms with Crippen LogP contribution in [-0.4, -0.2) is 34.0 Å². The van der Waals surface area contributed by atoms with E-state index in [1.165, 1.54) is 23.3 Å². The van der Waals surface area contributed by atoms with Gasteiger partial charge in [0.05, 0.1) is 23.9 Å². The number of pyridine rings is 2. The predicted octanol–water partition coefficient (Wildman–Crippen LogP) is 4.62. The van der Waals surface area contributed by atoms with E-state index in [1.54, 1.807) is 6.07 Å². The smallest absolute Gasteiger partial charge is 0.159 e. The minimum absolute atomic E-state index is 0.186. The molecular weight excluding hydrogens is 434 g/mol. The van der Waals surface area contributed by atoms with Crippen LogP contribution in [0.5, 0.6) is 0 Å². The number of rotatable bonds is 6. The highest BCUT2D eigenvalue weighted by Gasteiger charge is 2.42. The molecule has 1 N–H and O–H groups in total. The molecule has 1 unspecified atom stereocenters. The van der Waals surface area contributed by atoms with Crippen LogP contribution in [0.4, 0.5) is 8.78 Å². The van der Waals surface area contributed by atoms with Crippen LogP contribution in [0, 0.1) is 11.6 Å². The Kier molecular flexibility index (Phi) is 5.63. The van der Waals surface area contributed by atoms with E-state index in [1.807, 2.05) is 24.7 Å². The van der Waals surface area contributed by atoms with Crippen LogP contribution in [0.2, 0.25) is 0 Å². The van der Waals surface area contributed by atoms with Crippen molar-refractivity contribution in [1.29, 1.82) is 0 Å². The number of nitrogens with one attached hydrogen (secondary N) is 1. The summed E-state index contributed by atoms with van der Waals surface area (Å²) in [4.78, 5) is 11.5. The zero-order valence-electron chi connectivity index (χ0n) is 19.0. The summed E-state index contributed by atoms with van der Waals surface area (Å²) in [7, 11) is 0. The van der Waals surface area contributed by atoms with Crippen LogP contribution in [0.15, 0.2) is 55.0 Å². The Bertz CT molecular complexity index is 1170. The summed E-state index contributed by atoms with van der Waals surface area (Å²) < 4.78 is 33.6. The van der Waals surface area contributed by atoms with Crippen LogP contribution in [-0.2, 0) is 23.5 Å². The Morgan fingerprint density at radius 3 is 2.65 bits per heavy atom. The van der Waals surface area contributed by atoms with Gasteiger partial charge in [-0.1, -0.05) is 12.1 Å². The Hall–Kier alpha value is -2.74. The van der Waals surface area contributed by atoms with Crippen LogP contribution in [0.1, 0.15) is 59.7 Å². The monoisotopic (exact) mass is 462 g/mol. The van der Waals surface area contributed by atoms with Gasteiger partial charge in [0.25, 0.3) is 0 Å². The molecule has 0 amide bonds. The largest absolute Gasteiger partial charge is 0.365 e. The van der Waals surface area contributed by atoms with Crippen molar-refractivity contribution in [3.63, 3.8) is 0 Å². The number of aromatic nitrogens is 2. The zero-order valence-corrected chi connectivity index (χ0v) is 19.0. The molecule has 4 heterocycles. The average molecular weight is 463 g/mol. The summed E-state index contributed by atoms with van der Waals surface area (Å²) in [6.45, 7) is 3.42. The minimum Gasteiger partial charge on any atom is -0.365 e. The molecule has 2 aliphatic heterocycles. The van der Waals surface area contributed by atoms with Crippen LogP contribution < -0.4 is 5.32 Å². The van der Waals surface area contributed by atoms with E-state index in [0.717, 1.165) is 56.6 Å². The first kappa shape index (κ1) is 21.8. The maximum Gasteiger partial charge on any atom is 0.159 e. The molecule has 0 radical (unpaired) electrons. The third kappa shape index (κ3) is 4.24. The molecule has 0 bridgehead atoms. The lowest BCUT2D eigenvalue weighted by atomic mass is 9.84. The molecule has 1 atom stereocenters. The van der Waals surface area contributed by atoms with Crippen molar-refractivity contribution in [1.82, 2.24) is 20.2 Å². The number of halogens is 2. The van der Waals surface area contributed by atoms with Gasteiger partial charge in [-0.05, 0) is 66.6 Å². The summed E-state index contributed by atoms with van der Waals surface area (Å²) in [5, 5.41) is 3.53. The first-order valence-electron chi connectivity index (χ1n) is 12.1. The molecule has 1 aromatic carbocycles. The highest BCUT2D eigenvalue weighted by atomic mass is 19.2. The van der Waals surface area contributed by atoms with Gasteiger partial charge in [0.2, 0.25) is 0 Å². The van der Waals surface area contributed by atoms with Crippen molar-refractivity contribution < 1.29 is 13.5 Å². The van der Waals surface area contributed by atoms with E-state index in [0.29, 0.717) is 18.2 Å². The molecule has 2 aromatic heterocycles. The van der Waals surface area contributed by atoms with Gasteiger partial charge in [-0.25, -0.2) is 8.78 Å². The van der Waals surface area contributed by atoms with Gasteiger partial charge >= 0.3 is 0 Å². The molecule has 1 saturated heterocycles. The van der Waals surface area contributed by atoms with E-state index >= 15 is 0 Å². The lowest BCUT2D eigenvalue weighted by Gasteiger charge is -2.39. The normalized spacial score (nSPS) is 20.4. The molecular formula is C27H28F2N4O. The SMILES string of the molecule is Fc1ccc(C(NC2CC2)c2ccc(CN3CCC4(CC3)OCc3ccncc34)cn2)cc1F. The number of likely N-dealkylation sites (tertiary alicyclic amines) is 1. The van der Waals surface area contributed by atoms with Crippen molar-refractivity contribution in [3.05, 3.63) is 94.6 Å². The fourth-order valence-electron chi connectivity index (χ4n) is 5.23. The third-order valence-corrected chi connectivity index (χ3v) is 7.38. The Morgan fingerprint density at radius 1 is 1.06 bits per heavy atom. The molecule has 6 rings (SSSR count). The summed E-state index contributed by atoms with van der Waals surface area (Å²) in [5.41, 5.74) is 4.99. The van der Waals surface area contributed by atoms with E-state index in [-0.39, 0.29) is 11.6 Å². The standard InChI is InChI=1S/C27H28F2N4O/c28-23-5-2-19(13-24(23)29)26(32-21-3-4-21)25-6-1-18(14-31-25)16-33-11-8-27(9-12-33)22-15-30-10-7-20(22)17-34-27/h1-2,5-7,10,13-15,21,26,32H,3-4,8-9,11-12,16-17H2. The molecule has 3 aromatic rings. The highest BCUT2D eigenvalue weighted by molar-refractivity contribution is 5.33. The second kappa shape index (κ2) is 8.80. The van der Waals surface area contributed by atoms with Crippen molar-refractivity contribution in [2.24, 2.45) is 0 Å². The zero-order chi connectivity index (χ0) is 23.1. The molecule has 1 aliphatic carbocycles. The Morgan fingerprint density at radius 2 is 1.91 bits per heavy atom. The maximum atomic E-state index is 13.9. The van der Waals surface area contributed by atoms with Crippen LogP contribution in [0.3, 0.4) is 0 Å². The molecule has 1 saturated carbocycles. The topological polar surface area (TPSA) is 50.3 Å². The van der Waals surface area contributed by atoms with Crippen molar-refractivity contribution in [2.45, 2.75) is 56.5 Å². The summed E-state index contributed by atoms with van der Waals surface area (Å²) in [6, 6.07) is 10.4. The average Bonchev–Trinajstić information content (AvgIpc) is 3.63. The fourth-order valence-corrected chi connectivity index (χ4v) is 5.23. The van der Waals surface area contributed by atoms with Crippen molar-refractivity contribution >= 4 is 0 Å². The molecule has 34 heavy (non-hydrogen) atoms. The first-order chi connectivity index (χ1) is 16.6. The number of hydrogen-bond acceptors (Lipinski definition) is 5. The number of ether oxygens (including phenoxy) is 1. The lowest BCUT2D eigenvalue weighted by Crippen LogP contribution is -2.42. The summed E-state index contributed by atoms with van der Waals surface area (Å²) in [6.07, 6.45) is 9.83. The molecule has 5 nitrogen and oxygen atoms in total. The number of fused-ring (bicyclic) bond motifs is 2. The number of hydrogen-bond donors (Lipinski definition) is 1. The molecule has 2 fully saturated rings. The van der Waals surface area contributed by atoms with E-state index in [4.69, 9.17) is 9.72 Å². The number of piperidine rings is 1. The van der Waals surface area contributed by atoms with Gasteiger partial charge in [0.1, 0.15) is 0 Å². The molecule has 176 valence electrons. The Labute approximate surface area is 198 Å². The van der Waals surface area contributed by atoms with Gasteiger partial charge in [-0.3, -0.25) is 14.9 Å². The van der Waals surface area contributed by atoms with E-state index < -0.39 is 11.6 Å². The van der Waals surface area contributed by atoms with Gasteiger partial charge in [-0.15, -0.1) is 0 Å². The Balaban J connectivity index is 1.13. The van der Waals surface area contributed by atoms with Crippen molar-refractivity contribution in [3.8, 4) is 0 Å². The third-order valence-electron chi connectivity index (χ3n) is 7.38. The van der Waals surface area contributed by atoms with Gasteiger partial charge in [0.15, 0.2) is 11.6 Å². The second-order valence-electron chi connectivity index (χ2n) is 9.73. The molecule has 3 aliphatic rings. The minimum atomic E-state index is -0.830. The lowest BCUT2D eigenvalue weighted by molar-refractivity contribution is -0.0800. The first-order valence-corrected chi connectivity index (χ1v) is 12.1.